The first-order valence-corrected chi connectivity index (χ1v) is 9.51. The van der Waals surface area contributed by atoms with Gasteiger partial charge in [0, 0.05) is 23.1 Å². The highest BCUT2D eigenvalue weighted by atomic mass is 32.1. The Balaban J connectivity index is 1.95. The fourth-order valence-electron chi connectivity index (χ4n) is 2.83. The summed E-state index contributed by atoms with van der Waals surface area (Å²) in [6, 6.07) is 13.2. The summed E-state index contributed by atoms with van der Waals surface area (Å²) in [5, 5.41) is 2.59. The number of hydrogen-bond acceptors (Lipinski definition) is 5. The Hall–Kier alpha value is -2.86. The summed E-state index contributed by atoms with van der Waals surface area (Å²) >= 11 is 1.43. The molecule has 1 aromatic heterocycles. The van der Waals surface area contributed by atoms with Gasteiger partial charge >= 0.3 is 0 Å². The number of amides is 1. The maximum atomic E-state index is 12.9. The molecule has 0 spiro atoms. The molecule has 0 N–H and O–H groups in total. The van der Waals surface area contributed by atoms with Gasteiger partial charge in [-0.25, -0.2) is 4.98 Å². The van der Waals surface area contributed by atoms with Gasteiger partial charge in [-0.1, -0.05) is 17.7 Å². The zero-order chi connectivity index (χ0) is 19.4. The maximum Gasteiger partial charge on any atom is 0.260 e. The van der Waals surface area contributed by atoms with Crippen molar-refractivity contribution in [2.45, 2.75) is 13.8 Å². The molecule has 0 aliphatic rings. The van der Waals surface area contributed by atoms with Crippen LogP contribution in [0.5, 0.6) is 11.5 Å². The molecular weight excluding hydrogens is 360 g/mol. The van der Waals surface area contributed by atoms with Crippen LogP contribution >= 0.6 is 11.3 Å². The van der Waals surface area contributed by atoms with Gasteiger partial charge < -0.3 is 9.47 Å². The fraction of sp³-hybridized carbons (Fsp3) is 0.238. The number of ether oxygens (including phenoxy) is 2. The zero-order valence-electron chi connectivity index (χ0n) is 15.9. The third-order valence-electron chi connectivity index (χ3n) is 4.23. The van der Waals surface area contributed by atoms with E-state index in [-0.39, 0.29) is 5.91 Å². The maximum absolute atomic E-state index is 12.9. The van der Waals surface area contributed by atoms with E-state index in [0.717, 1.165) is 22.6 Å². The number of anilines is 1. The average Bonchev–Trinajstić information content (AvgIpc) is 3.17. The van der Waals surface area contributed by atoms with Crippen molar-refractivity contribution in [2.24, 2.45) is 0 Å². The van der Waals surface area contributed by atoms with Gasteiger partial charge in [0.2, 0.25) is 0 Å². The van der Waals surface area contributed by atoms with Gasteiger partial charge in [-0.3, -0.25) is 9.69 Å². The van der Waals surface area contributed by atoms with E-state index in [9.17, 15) is 4.79 Å². The number of thiazole rings is 1. The number of aryl methyl sites for hydroxylation is 1. The van der Waals surface area contributed by atoms with Crippen LogP contribution in [0.1, 0.15) is 22.8 Å². The second-order valence-corrected chi connectivity index (χ2v) is 6.84. The second kappa shape index (κ2) is 8.22. The normalized spacial score (nSPS) is 10.5. The van der Waals surface area contributed by atoms with Crippen LogP contribution in [0.4, 0.5) is 5.13 Å². The summed E-state index contributed by atoms with van der Waals surface area (Å²) in [5.41, 5.74) is 3.30. The molecule has 0 aliphatic heterocycles. The standard InChI is InChI=1S/C21H22N2O3S/c1-5-23(20(24)15-8-6-7-14(2)11-15)21-22-18(13-27-21)17-12-16(25-3)9-10-19(17)26-4/h6-13H,5H2,1-4H3. The van der Waals surface area contributed by atoms with Crippen molar-refractivity contribution < 1.29 is 14.3 Å². The zero-order valence-corrected chi connectivity index (χ0v) is 16.7. The van der Waals surface area contributed by atoms with E-state index in [1.54, 1.807) is 19.1 Å². The summed E-state index contributed by atoms with van der Waals surface area (Å²) < 4.78 is 10.8. The van der Waals surface area contributed by atoms with E-state index in [1.165, 1.54) is 11.3 Å². The molecule has 0 aliphatic carbocycles. The van der Waals surface area contributed by atoms with Crippen LogP contribution in [0.2, 0.25) is 0 Å². The Morgan fingerprint density at radius 1 is 1.15 bits per heavy atom. The van der Waals surface area contributed by atoms with E-state index in [4.69, 9.17) is 14.5 Å². The summed E-state index contributed by atoms with van der Waals surface area (Å²) in [7, 11) is 3.25. The first kappa shape index (κ1) is 18.9. The lowest BCUT2D eigenvalue weighted by Crippen LogP contribution is -2.30. The average molecular weight is 382 g/mol. The van der Waals surface area contributed by atoms with Crippen molar-refractivity contribution in [3.63, 3.8) is 0 Å². The summed E-state index contributed by atoms with van der Waals surface area (Å²) in [4.78, 5) is 19.3. The number of methoxy groups -OCH3 is 2. The molecule has 140 valence electrons. The first-order chi connectivity index (χ1) is 13.1. The molecule has 6 heteroatoms. The minimum absolute atomic E-state index is 0.0558. The fourth-order valence-corrected chi connectivity index (χ4v) is 3.71. The number of carbonyl (C=O) groups is 1. The predicted octanol–water partition coefficient (Wildman–Crippen LogP) is 4.80. The highest BCUT2D eigenvalue weighted by molar-refractivity contribution is 7.14. The van der Waals surface area contributed by atoms with Gasteiger partial charge in [-0.15, -0.1) is 11.3 Å². The third-order valence-corrected chi connectivity index (χ3v) is 5.10. The molecule has 0 radical (unpaired) electrons. The number of benzene rings is 2. The molecule has 0 saturated heterocycles. The van der Waals surface area contributed by atoms with E-state index in [0.29, 0.717) is 23.0 Å². The van der Waals surface area contributed by atoms with E-state index in [2.05, 4.69) is 0 Å². The number of aromatic nitrogens is 1. The largest absolute Gasteiger partial charge is 0.497 e. The molecule has 0 atom stereocenters. The van der Waals surface area contributed by atoms with Crippen molar-refractivity contribution in [3.8, 4) is 22.8 Å². The van der Waals surface area contributed by atoms with Gasteiger partial charge in [0.05, 0.1) is 19.9 Å². The molecule has 0 fully saturated rings. The van der Waals surface area contributed by atoms with Crippen LogP contribution < -0.4 is 14.4 Å². The highest BCUT2D eigenvalue weighted by Gasteiger charge is 2.20. The van der Waals surface area contributed by atoms with Crippen LogP contribution in [-0.2, 0) is 0 Å². The molecule has 0 unspecified atom stereocenters. The van der Waals surface area contributed by atoms with Crippen molar-refractivity contribution in [1.82, 2.24) is 4.98 Å². The Kier molecular flexibility index (Phi) is 5.76. The molecule has 3 rings (SSSR count). The van der Waals surface area contributed by atoms with Gasteiger partial charge in [-0.2, -0.15) is 0 Å². The topological polar surface area (TPSA) is 51.7 Å². The molecule has 5 nitrogen and oxygen atoms in total. The molecule has 1 heterocycles. The van der Waals surface area contributed by atoms with Crippen LogP contribution in [0.15, 0.2) is 47.8 Å². The second-order valence-electron chi connectivity index (χ2n) is 6.00. The van der Waals surface area contributed by atoms with Crippen molar-refractivity contribution in [1.29, 1.82) is 0 Å². The van der Waals surface area contributed by atoms with E-state index in [1.807, 2.05) is 61.7 Å². The van der Waals surface area contributed by atoms with Crippen LogP contribution in [0.3, 0.4) is 0 Å². The van der Waals surface area contributed by atoms with Crippen LogP contribution in [0, 0.1) is 6.92 Å². The molecule has 0 bridgehead atoms. The first-order valence-electron chi connectivity index (χ1n) is 8.63. The number of nitrogens with zero attached hydrogens (tertiary/aromatic N) is 2. The molecular formula is C21H22N2O3S. The van der Waals surface area contributed by atoms with E-state index < -0.39 is 0 Å². The van der Waals surface area contributed by atoms with E-state index >= 15 is 0 Å². The molecule has 3 aromatic rings. The SMILES string of the molecule is CCN(C(=O)c1cccc(C)c1)c1nc(-c2cc(OC)ccc2OC)cs1. The monoisotopic (exact) mass is 382 g/mol. The lowest BCUT2D eigenvalue weighted by atomic mass is 10.1. The Labute approximate surface area is 163 Å². The van der Waals surface area contributed by atoms with Gasteiger partial charge in [0.1, 0.15) is 11.5 Å². The van der Waals surface area contributed by atoms with Crippen molar-refractivity contribution in [3.05, 3.63) is 59.0 Å². The summed E-state index contributed by atoms with van der Waals surface area (Å²) in [6.45, 7) is 4.46. The molecule has 2 aromatic carbocycles. The van der Waals surface area contributed by atoms with Gasteiger partial charge in [0.15, 0.2) is 5.13 Å². The lowest BCUT2D eigenvalue weighted by Gasteiger charge is -2.18. The third kappa shape index (κ3) is 3.95. The number of carbonyl (C=O) groups excluding carboxylic acids is 1. The van der Waals surface area contributed by atoms with Gasteiger partial charge in [0.25, 0.3) is 5.91 Å². The molecule has 0 saturated carbocycles. The van der Waals surface area contributed by atoms with Crippen molar-refractivity contribution >= 4 is 22.4 Å². The number of hydrogen-bond donors (Lipinski definition) is 0. The van der Waals surface area contributed by atoms with Gasteiger partial charge in [-0.05, 0) is 44.2 Å². The Morgan fingerprint density at radius 3 is 2.63 bits per heavy atom. The smallest absolute Gasteiger partial charge is 0.260 e. The quantitative estimate of drug-likeness (QED) is 0.614. The minimum Gasteiger partial charge on any atom is -0.497 e. The lowest BCUT2D eigenvalue weighted by molar-refractivity contribution is 0.0988. The highest BCUT2D eigenvalue weighted by Crippen LogP contribution is 2.36. The summed E-state index contributed by atoms with van der Waals surface area (Å²) in [6.07, 6.45) is 0. The van der Waals surface area contributed by atoms with Crippen LogP contribution in [0.25, 0.3) is 11.3 Å². The Morgan fingerprint density at radius 2 is 1.96 bits per heavy atom. The Bertz CT molecular complexity index is 952. The van der Waals surface area contributed by atoms with Crippen LogP contribution in [-0.4, -0.2) is 31.7 Å². The predicted molar refractivity (Wildman–Crippen MR) is 109 cm³/mol. The molecule has 27 heavy (non-hydrogen) atoms. The number of rotatable bonds is 6. The minimum atomic E-state index is -0.0558. The van der Waals surface area contributed by atoms with Crippen molar-refractivity contribution in [2.75, 3.05) is 25.7 Å². The molecule has 1 amide bonds. The summed E-state index contributed by atoms with van der Waals surface area (Å²) in [5.74, 6) is 1.38.